The van der Waals surface area contributed by atoms with Crippen LogP contribution in [0.4, 0.5) is 0 Å². The minimum absolute atomic E-state index is 0.00397. The molecular weight excluding hydrogens is 440 g/mol. The van der Waals surface area contributed by atoms with Crippen molar-refractivity contribution in [1.29, 1.82) is 0 Å². The number of esters is 2. The molecule has 6 heteroatoms. The molecule has 2 saturated heterocycles. The number of hydrogen-bond acceptors (Lipinski definition) is 6. The van der Waals surface area contributed by atoms with E-state index in [1.807, 2.05) is 0 Å². The Morgan fingerprint density at radius 2 is 1.26 bits per heavy atom. The molecule has 0 aromatic heterocycles. The zero-order valence-electron chi connectivity index (χ0n) is 24.0. The van der Waals surface area contributed by atoms with E-state index in [2.05, 4.69) is 72.9 Å². The third-order valence-electron chi connectivity index (χ3n) is 8.22. The van der Waals surface area contributed by atoms with Crippen LogP contribution in [-0.4, -0.2) is 47.3 Å². The molecule has 0 bridgehead atoms. The monoisotopic (exact) mass is 494 g/mol. The van der Waals surface area contributed by atoms with Crippen molar-refractivity contribution in [3.05, 3.63) is 0 Å². The van der Waals surface area contributed by atoms with Crippen LogP contribution < -0.4 is 10.6 Å². The van der Waals surface area contributed by atoms with Crippen LogP contribution in [0.3, 0.4) is 0 Å². The molecule has 0 amide bonds. The number of unbranched alkanes of at least 4 members (excludes halogenated alkanes) is 2. The van der Waals surface area contributed by atoms with Crippen molar-refractivity contribution in [2.45, 2.75) is 155 Å². The Balaban J connectivity index is 1.68. The number of nitrogens with one attached hydrogen (secondary N) is 2. The lowest BCUT2D eigenvalue weighted by Gasteiger charge is -2.49. The van der Waals surface area contributed by atoms with Gasteiger partial charge >= 0.3 is 11.9 Å². The van der Waals surface area contributed by atoms with Crippen LogP contribution in [0.25, 0.3) is 0 Å². The van der Waals surface area contributed by atoms with E-state index in [0.29, 0.717) is 42.7 Å². The van der Waals surface area contributed by atoms with Crippen LogP contribution >= 0.6 is 0 Å². The molecule has 4 unspecified atom stereocenters. The maximum absolute atomic E-state index is 12.5. The topological polar surface area (TPSA) is 76.7 Å². The van der Waals surface area contributed by atoms with Gasteiger partial charge < -0.3 is 20.1 Å². The second kappa shape index (κ2) is 12.9. The van der Waals surface area contributed by atoms with Gasteiger partial charge in [-0.3, -0.25) is 9.59 Å². The third-order valence-corrected chi connectivity index (χ3v) is 8.22. The number of piperidine rings is 2. The van der Waals surface area contributed by atoms with Crippen molar-refractivity contribution >= 4 is 11.9 Å². The normalized spacial score (nSPS) is 31.1. The molecule has 0 saturated carbocycles. The smallest absolute Gasteiger partial charge is 0.306 e. The van der Waals surface area contributed by atoms with E-state index in [-0.39, 0.29) is 35.2 Å². The van der Waals surface area contributed by atoms with Crippen LogP contribution in [0.1, 0.15) is 120 Å². The van der Waals surface area contributed by atoms with E-state index >= 15 is 0 Å². The first-order valence-electron chi connectivity index (χ1n) is 14.1. The van der Waals surface area contributed by atoms with Gasteiger partial charge in [-0.05, 0) is 51.4 Å². The largest absolute Gasteiger partial charge is 0.462 e. The zero-order chi connectivity index (χ0) is 26.4. The van der Waals surface area contributed by atoms with Crippen LogP contribution in [0, 0.1) is 17.8 Å². The lowest BCUT2D eigenvalue weighted by atomic mass is 9.74. The maximum Gasteiger partial charge on any atom is 0.306 e. The molecule has 0 radical (unpaired) electrons. The van der Waals surface area contributed by atoms with Crippen LogP contribution in [0.2, 0.25) is 0 Å². The fourth-order valence-corrected chi connectivity index (χ4v) is 5.76. The molecular formula is C29H54N2O4. The molecule has 2 aliphatic heterocycles. The molecule has 204 valence electrons. The summed E-state index contributed by atoms with van der Waals surface area (Å²) in [5.41, 5.74) is -0.0901. The highest BCUT2D eigenvalue weighted by Crippen LogP contribution is 2.35. The molecule has 6 nitrogen and oxygen atoms in total. The average molecular weight is 495 g/mol. The Kier molecular flexibility index (Phi) is 11.1. The fraction of sp³-hybridized carbons (Fsp3) is 0.931. The summed E-state index contributed by atoms with van der Waals surface area (Å²) in [6.45, 7) is 19.9. The fourth-order valence-electron chi connectivity index (χ4n) is 5.76. The number of ether oxygens (including phenoxy) is 2. The molecule has 0 aromatic carbocycles. The first-order valence-corrected chi connectivity index (χ1v) is 14.1. The minimum atomic E-state index is -0.115. The molecule has 0 aliphatic carbocycles. The predicted octanol–water partition coefficient (Wildman–Crippen LogP) is 5.77. The Labute approximate surface area is 215 Å². The zero-order valence-corrected chi connectivity index (χ0v) is 24.0. The first-order chi connectivity index (χ1) is 16.2. The van der Waals surface area contributed by atoms with Gasteiger partial charge in [-0.15, -0.1) is 0 Å². The Morgan fingerprint density at radius 1 is 0.771 bits per heavy atom. The van der Waals surface area contributed by atoms with Gasteiger partial charge in [-0.25, -0.2) is 0 Å². The van der Waals surface area contributed by atoms with Gasteiger partial charge in [0, 0.05) is 61.7 Å². The van der Waals surface area contributed by atoms with Gasteiger partial charge in [0.2, 0.25) is 0 Å². The van der Waals surface area contributed by atoms with Gasteiger partial charge in [-0.2, -0.15) is 0 Å². The number of rotatable bonds is 11. The van der Waals surface area contributed by atoms with E-state index < -0.39 is 0 Å². The third kappa shape index (κ3) is 9.68. The van der Waals surface area contributed by atoms with Gasteiger partial charge in [-0.1, -0.05) is 48.0 Å². The summed E-state index contributed by atoms with van der Waals surface area (Å²) in [7, 11) is 0. The summed E-state index contributed by atoms with van der Waals surface area (Å²) in [6, 6.07) is 0.785. The highest BCUT2D eigenvalue weighted by molar-refractivity contribution is 5.70. The summed E-state index contributed by atoms with van der Waals surface area (Å²) in [4.78, 5) is 25.0. The Hall–Kier alpha value is -1.14. The minimum Gasteiger partial charge on any atom is -0.462 e. The highest BCUT2D eigenvalue weighted by atomic mass is 16.5. The van der Waals surface area contributed by atoms with Gasteiger partial charge in [0.1, 0.15) is 12.2 Å². The SMILES string of the molecule is CC(C)C1CC(OC(=O)CCCCCC(=O)OC2CC(C)(C)NC(C)(C(C)C)C2)CC(C(C)C)N1. The second-order valence-electron chi connectivity index (χ2n) is 13.1. The molecule has 2 aliphatic rings. The summed E-state index contributed by atoms with van der Waals surface area (Å²) >= 11 is 0. The average Bonchev–Trinajstić information content (AvgIpc) is 2.71. The maximum atomic E-state index is 12.5. The summed E-state index contributed by atoms with van der Waals surface area (Å²) in [5.74, 6) is 1.28. The molecule has 35 heavy (non-hydrogen) atoms. The first kappa shape index (κ1) is 30.1. The van der Waals surface area contributed by atoms with Crippen LogP contribution in [0.15, 0.2) is 0 Å². The number of carbonyl (C=O) groups is 2. The van der Waals surface area contributed by atoms with E-state index in [9.17, 15) is 9.59 Å². The quantitative estimate of drug-likeness (QED) is 0.280. The molecule has 2 N–H and O–H groups in total. The van der Waals surface area contributed by atoms with Crippen molar-refractivity contribution in [1.82, 2.24) is 10.6 Å². The lowest BCUT2D eigenvalue weighted by molar-refractivity contribution is -0.154. The molecule has 2 fully saturated rings. The number of hydrogen-bond donors (Lipinski definition) is 2. The van der Waals surface area contributed by atoms with Crippen molar-refractivity contribution in [2.24, 2.45) is 17.8 Å². The van der Waals surface area contributed by atoms with Gasteiger partial charge in [0.25, 0.3) is 0 Å². The van der Waals surface area contributed by atoms with E-state index in [4.69, 9.17) is 9.47 Å². The Bertz CT molecular complexity index is 674. The van der Waals surface area contributed by atoms with Crippen LogP contribution in [-0.2, 0) is 19.1 Å². The highest BCUT2D eigenvalue weighted by Gasteiger charge is 2.43. The van der Waals surface area contributed by atoms with Gasteiger partial charge in [0.05, 0.1) is 0 Å². The molecule has 0 spiro atoms. The van der Waals surface area contributed by atoms with E-state index in [0.717, 1.165) is 44.9 Å². The summed E-state index contributed by atoms with van der Waals surface area (Å²) in [6.07, 6.45) is 6.59. The van der Waals surface area contributed by atoms with Crippen molar-refractivity contribution in [2.75, 3.05) is 0 Å². The lowest BCUT2D eigenvalue weighted by Crippen LogP contribution is -2.63. The predicted molar refractivity (Wildman–Crippen MR) is 142 cm³/mol. The van der Waals surface area contributed by atoms with Gasteiger partial charge in [0.15, 0.2) is 0 Å². The molecule has 2 rings (SSSR count). The van der Waals surface area contributed by atoms with Crippen molar-refractivity contribution in [3.63, 3.8) is 0 Å². The van der Waals surface area contributed by atoms with Crippen molar-refractivity contribution in [3.8, 4) is 0 Å². The number of carbonyl (C=O) groups excluding carboxylic acids is 2. The molecule has 0 aromatic rings. The second-order valence-corrected chi connectivity index (χ2v) is 13.1. The summed E-state index contributed by atoms with van der Waals surface area (Å²) in [5, 5.41) is 7.48. The van der Waals surface area contributed by atoms with E-state index in [1.165, 1.54) is 0 Å². The van der Waals surface area contributed by atoms with E-state index in [1.54, 1.807) is 0 Å². The Morgan fingerprint density at radius 3 is 1.71 bits per heavy atom. The molecule has 4 atom stereocenters. The summed E-state index contributed by atoms with van der Waals surface area (Å²) < 4.78 is 11.7. The standard InChI is InChI=1S/C29H54N2O4/c1-19(2)24-15-22(16-25(30-24)20(3)4)34-26(32)13-11-10-12-14-27(33)35-23-17-28(7,8)31-29(9,18-23)21(5)6/h19-25,30-31H,10-18H2,1-9H3. The molecule has 2 heterocycles. The van der Waals surface area contributed by atoms with Crippen LogP contribution in [0.5, 0.6) is 0 Å². The van der Waals surface area contributed by atoms with Crippen molar-refractivity contribution < 1.29 is 19.1 Å².